The van der Waals surface area contributed by atoms with Crippen molar-refractivity contribution in [1.82, 2.24) is 29.9 Å². The van der Waals surface area contributed by atoms with Crippen LogP contribution < -0.4 is 5.32 Å². The number of aromatic nitrogens is 5. The second kappa shape index (κ2) is 7.74. The number of nitrogens with one attached hydrogen (secondary N) is 1. The van der Waals surface area contributed by atoms with Crippen LogP contribution in [-0.4, -0.2) is 30.5 Å². The largest absolute Gasteiger partial charge is 0.345 e. The standard InChI is InChI=1S/C23H26N6O/c1-6-28-13-20(16(4)26-28)15(3)25-23(30)19-12-14(2)24-22-21(19)17(5)27-29(22)18-10-8-7-9-11-18/h7-13,15H,6H2,1-5H3,(H,25,30)/t15-/m0/s1. The highest BCUT2D eigenvalue weighted by Crippen LogP contribution is 2.26. The van der Waals surface area contributed by atoms with Crippen LogP contribution in [0.1, 0.15) is 52.9 Å². The lowest BCUT2D eigenvalue weighted by Gasteiger charge is -2.14. The molecular weight excluding hydrogens is 376 g/mol. The van der Waals surface area contributed by atoms with E-state index in [1.165, 1.54) is 0 Å². The van der Waals surface area contributed by atoms with Crippen molar-refractivity contribution in [2.24, 2.45) is 0 Å². The highest BCUT2D eigenvalue weighted by Gasteiger charge is 2.22. The molecule has 154 valence electrons. The van der Waals surface area contributed by atoms with E-state index in [2.05, 4.69) is 20.5 Å². The van der Waals surface area contributed by atoms with Gasteiger partial charge in [-0.2, -0.15) is 10.2 Å². The molecule has 4 rings (SSSR count). The summed E-state index contributed by atoms with van der Waals surface area (Å²) in [6.45, 7) is 10.6. The van der Waals surface area contributed by atoms with Crippen molar-refractivity contribution in [1.29, 1.82) is 0 Å². The van der Waals surface area contributed by atoms with Gasteiger partial charge in [0.2, 0.25) is 0 Å². The molecule has 3 heterocycles. The van der Waals surface area contributed by atoms with Crippen LogP contribution in [0.5, 0.6) is 0 Å². The molecule has 1 N–H and O–H groups in total. The Morgan fingerprint density at radius 2 is 1.83 bits per heavy atom. The summed E-state index contributed by atoms with van der Waals surface area (Å²) in [4.78, 5) is 18.0. The first kappa shape index (κ1) is 19.8. The Bertz CT molecular complexity index is 1220. The molecule has 7 heteroatoms. The maximum absolute atomic E-state index is 13.3. The first-order chi connectivity index (χ1) is 14.4. The lowest BCUT2D eigenvalue weighted by molar-refractivity contribution is 0.0941. The van der Waals surface area contributed by atoms with E-state index in [9.17, 15) is 4.79 Å². The molecule has 0 bridgehead atoms. The number of aryl methyl sites for hydroxylation is 4. The normalized spacial score (nSPS) is 12.3. The van der Waals surface area contributed by atoms with Crippen LogP contribution in [0.3, 0.4) is 0 Å². The molecule has 0 aliphatic carbocycles. The Balaban J connectivity index is 1.74. The lowest BCUT2D eigenvalue weighted by atomic mass is 10.1. The number of amides is 1. The van der Waals surface area contributed by atoms with Crippen LogP contribution in [-0.2, 0) is 6.54 Å². The molecule has 0 aliphatic rings. The third-order valence-electron chi connectivity index (χ3n) is 5.31. The Morgan fingerprint density at radius 3 is 2.50 bits per heavy atom. The van der Waals surface area contributed by atoms with Gasteiger partial charge in [-0.3, -0.25) is 9.48 Å². The average molecular weight is 403 g/mol. The minimum Gasteiger partial charge on any atom is -0.345 e. The molecule has 30 heavy (non-hydrogen) atoms. The van der Waals surface area contributed by atoms with Crippen LogP contribution in [0.15, 0.2) is 42.6 Å². The fourth-order valence-electron chi connectivity index (χ4n) is 3.81. The van der Waals surface area contributed by atoms with E-state index in [1.54, 1.807) is 4.68 Å². The third-order valence-corrected chi connectivity index (χ3v) is 5.31. The van der Waals surface area contributed by atoms with Gasteiger partial charge >= 0.3 is 0 Å². The maximum Gasteiger partial charge on any atom is 0.252 e. The molecule has 1 aromatic carbocycles. The van der Waals surface area contributed by atoms with Gasteiger partial charge in [-0.25, -0.2) is 9.67 Å². The Labute approximate surface area is 175 Å². The fourth-order valence-corrected chi connectivity index (χ4v) is 3.81. The van der Waals surface area contributed by atoms with Gasteiger partial charge in [0.15, 0.2) is 5.65 Å². The fraction of sp³-hybridized carbons (Fsp3) is 0.304. The maximum atomic E-state index is 13.3. The molecule has 0 aliphatic heterocycles. The number of benzene rings is 1. The third kappa shape index (κ3) is 3.47. The zero-order chi connectivity index (χ0) is 21.4. The first-order valence-electron chi connectivity index (χ1n) is 10.2. The quantitative estimate of drug-likeness (QED) is 0.546. The van der Waals surface area contributed by atoms with Gasteiger partial charge in [-0.05, 0) is 52.8 Å². The van der Waals surface area contributed by atoms with E-state index in [1.807, 2.05) is 81.9 Å². The van der Waals surface area contributed by atoms with Crippen molar-refractivity contribution >= 4 is 16.9 Å². The minimum absolute atomic E-state index is 0.141. The predicted molar refractivity (Wildman–Crippen MR) is 117 cm³/mol. The van der Waals surface area contributed by atoms with Crippen LogP contribution >= 0.6 is 0 Å². The van der Waals surface area contributed by atoms with Gasteiger partial charge in [0.1, 0.15) is 0 Å². The van der Waals surface area contributed by atoms with E-state index in [0.717, 1.165) is 40.3 Å². The van der Waals surface area contributed by atoms with Crippen LogP contribution in [0, 0.1) is 20.8 Å². The number of rotatable bonds is 5. The number of fused-ring (bicyclic) bond motifs is 1. The van der Waals surface area contributed by atoms with Crippen LogP contribution in [0.25, 0.3) is 16.7 Å². The SMILES string of the molecule is CCn1cc([C@H](C)NC(=O)c2cc(C)nc3c2c(C)nn3-c2ccccc2)c(C)n1. The van der Waals surface area contributed by atoms with Crippen molar-refractivity contribution in [3.8, 4) is 5.69 Å². The van der Waals surface area contributed by atoms with Crippen molar-refractivity contribution in [3.63, 3.8) is 0 Å². The van der Waals surface area contributed by atoms with E-state index >= 15 is 0 Å². The number of para-hydroxylation sites is 1. The second-order valence-corrected chi connectivity index (χ2v) is 7.56. The number of pyridine rings is 1. The highest BCUT2D eigenvalue weighted by molar-refractivity contribution is 6.07. The van der Waals surface area contributed by atoms with E-state index in [4.69, 9.17) is 0 Å². The van der Waals surface area contributed by atoms with Crippen molar-refractivity contribution in [3.05, 3.63) is 70.8 Å². The molecule has 0 saturated heterocycles. The van der Waals surface area contributed by atoms with Gasteiger partial charge in [0.25, 0.3) is 5.91 Å². The molecule has 0 saturated carbocycles. The monoisotopic (exact) mass is 402 g/mol. The predicted octanol–water partition coefficient (Wildman–Crippen LogP) is 4.05. The average Bonchev–Trinajstić information content (AvgIpc) is 3.27. The van der Waals surface area contributed by atoms with E-state index < -0.39 is 0 Å². The second-order valence-electron chi connectivity index (χ2n) is 7.56. The van der Waals surface area contributed by atoms with Gasteiger partial charge in [0, 0.05) is 24.0 Å². The van der Waals surface area contributed by atoms with E-state index in [-0.39, 0.29) is 11.9 Å². The number of carbonyl (C=O) groups excluding carboxylic acids is 1. The molecule has 0 radical (unpaired) electrons. The lowest BCUT2D eigenvalue weighted by Crippen LogP contribution is -2.27. The molecule has 0 fully saturated rings. The first-order valence-corrected chi connectivity index (χ1v) is 10.2. The summed E-state index contributed by atoms with van der Waals surface area (Å²) in [5.74, 6) is -0.141. The molecular formula is C23H26N6O. The zero-order valence-corrected chi connectivity index (χ0v) is 18.0. The Hall–Kier alpha value is -3.48. The summed E-state index contributed by atoms with van der Waals surface area (Å²) in [5.41, 5.74) is 5.67. The number of carbonyl (C=O) groups is 1. The smallest absolute Gasteiger partial charge is 0.252 e. The highest BCUT2D eigenvalue weighted by atomic mass is 16.1. The van der Waals surface area contributed by atoms with Gasteiger partial charge in [-0.15, -0.1) is 0 Å². The van der Waals surface area contributed by atoms with Crippen molar-refractivity contribution in [2.75, 3.05) is 0 Å². The minimum atomic E-state index is -0.161. The summed E-state index contributed by atoms with van der Waals surface area (Å²) in [5, 5.41) is 13.1. The van der Waals surface area contributed by atoms with Crippen LogP contribution in [0.2, 0.25) is 0 Å². The van der Waals surface area contributed by atoms with E-state index in [0.29, 0.717) is 11.2 Å². The molecule has 1 atom stereocenters. The zero-order valence-electron chi connectivity index (χ0n) is 18.0. The number of nitrogens with zero attached hydrogens (tertiary/aromatic N) is 5. The summed E-state index contributed by atoms with van der Waals surface area (Å²) >= 11 is 0. The van der Waals surface area contributed by atoms with Gasteiger partial charge in [0.05, 0.1) is 34.1 Å². The molecule has 4 aromatic rings. The summed E-state index contributed by atoms with van der Waals surface area (Å²) in [6, 6.07) is 11.5. The van der Waals surface area contributed by atoms with Gasteiger partial charge < -0.3 is 5.32 Å². The Kier molecular flexibility index (Phi) is 5.11. The van der Waals surface area contributed by atoms with Gasteiger partial charge in [-0.1, -0.05) is 18.2 Å². The topological polar surface area (TPSA) is 77.6 Å². The number of hydrogen-bond acceptors (Lipinski definition) is 4. The molecule has 0 spiro atoms. The molecule has 7 nitrogen and oxygen atoms in total. The number of hydrogen-bond donors (Lipinski definition) is 1. The summed E-state index contributed by atoms with van der Waals surface area (Å²) in [6.07, 6.45) is 1.99. The summed E-state index contributed by atoms with van der Waals surface area (Å²) in [7, 11) is 0. The Morgan fingerprint density at radius 1 is 1.10 bits per heavy atom. The summed E-state index contributed by atoms with van der Waals surface area (Å²) < 4.78 is 3.68. The van der Waals surface area contributed by atoms with Crippen molar-refractivity contribution in [2.45, 2.75) is 47.2 Å². The molecule has 1 amide bonds. The molecule has 3 aromatic heterocycles. The molecule has 0 unspecified atom stereocenters. The van der Waals surface area contributed by atoms with Crippen molar-refractivity contribution < 1.29 is 4.79 Å². The van der Waals surface area contributed by atoms with Crippen LogP contribution in [0.4, 0.5) is 0 Å².